The number of hydrogen-bond acceptors (Lipinski definition) is 2. The molecule has 0 atom stereocenters. The van der Waals surface area contributed by atoms with Crippen molar-refractivity contribution in [1.29, 1.82) is 0 Å². The molecule has 0 aliphatic carbocycles. The number of halogens is 4. The van der Waals surface area contributed by atoms with Crippen LogP contribution in [-0.2, 0) is 12.8 Å². The van der Waals surface area contributed by atoms with Gasteiger partial charge in [0.25, 0.3) is 0 Å². The number of rotatable bonds is 2. The molecule has 0 amide bonds. The van der Waals surface area contributed by atoms with E-state index in [2.05, 4.69) is 4.74 Å². The minimum absolute atomic E-state index is 0.0114. The van der Waals surface area contributed by atoms with Crippen LogP contribution in [0.15, 0.2) is 12.1 Å². The zero-order chi connectivity index (χ0) is 11.6. The minimum atomic E-state index is -4.56. The third-order valence-electron chi connectivity index (χ3n) is 1.81. The molecule has 0 bridgehead atoms. The highest BCUT2D eigenvalue weighted by atomic mass is 35.5. The van der Waals surface area contributed by atoms with Gasteiger partial charge >= 0.3 is 6.18 Å². The van der Waals surface area contributed by atoms with Crippen molar-refractivity contribution in [2.45, 2.75) is 12.8 Å². The van der Waals surface area contributed by atoms with Crippen LogP contribution in [0.5, 0.6) is 5.75 Å². The Bertz CT molecular complexity index is 363. The first-order valence-corrected chi connectivity index (χ1v) is 4.32. The topological polar surface area (TPSA) is 29.5 Å². The van der Waals surface area contributed by atoms with Crippen molar-refractivity contribution < 1.29 is 23.0 Å². The zero-order valence-electron chi connectivity index (χ0n) is 7.73. The van der Waals surface area contributed by atoms with Crippen LogP contribution in [0.3, 0.4) is 0 Å². The van der Waals surface area contributed by atoms with Crippen LogP contribution < -0.4 is 4.74 Å². The summed E-state index contributed by atoms with van der Waals surface area (Å²) < 4.78 is 42.1. The molecule has 6 heteroatoms. The molecule has 84 valence electrons. The molecule has 15 heavy (non-hydrogen) atoms. The zero-order valence-corrected chi connectivity index (χ0v) is 8.49. The Kier molecular flexibility index (Phi) is 3.46. The summed E-state index contributed by atoms with van der Waals surface area (Å²) in [5.74, 6) is -0.394. The summed E-state index contributed by atoms with van der Waals surface area (Å²) in [6.07, 6.45) is -4.56. The Morgan fingerprint density at radius 2 is 2.00 bits per heavy atom. The Labute approximate surface area is 89.2 Å². The lowest BCUT2D eigenvalue weighted by molar-refractivity contribution is -0.138. The van der Waals surface area contributed by atoms with E-state index in [-0.39, 0.29) is 10.6 Å². The number of aliphatic hydroxyl groups is 1. The lowest BCUT2D eigenvalue weighted by Crippen LogP contribution is -2.09. The van der Waals surface area contributed by atoms with Crippen molar-refractivity contribution in [3.05, 3.63) is 28.3 Å². The summed E-state index contributed by atoms with van der Waals surface area (Å²) in [6, 6.07) is 2.00. The van der Waals surface area contributed by atoms with Crippen molar-refractivity contribution in [1.82, 2.24) is 0 Å². The van der Waals surface area contributed by atoms with Gasteiger partial charge in [0.2, 0.25) is 0 Å². The number of alkyl halides is 3. The van der Waals surface area contributed by atoms with E-state index < -0.39 is 24.1 Å². The Morgan fingerprint density at radius 3 is 2.40 bits per heavy atom. The molecule has 0 spiro atoms. The summed E-state index contributed by atoms with van der Waals surface area (Å²) in [4.78, 5) is 0. The van der Waals surface area contributed by atoms with Gasteiger partial charge in [0.1, 0.15) is 5.75 Å². The largest absolute Gasteiger partial charge is 0.496 e. The molecule has 0 saturated heterocycles. The average Bonchev–Trinajstić information content (AvgIpc) is 2.15. The van der Waals surface area contributed by atoms with E-state index in [0.717, 1.165) is 13.2 Å². The van der Waals surface area contributed by atoms with Crippen LogP contribution in [0.1, 0.15) is 11.1 Å². The summed E-state index contributed by atoms with van der Waals surface area (Å²) in [6.45, 7) is -0.563. The van der Waals surface area contributed by atoms with Gasteiger partial charge in [-0.15, -0.1) is 0 Å². The molecule has 0 saturated carbocycles. The van der Waals surface area contributed by atoms with Crippen LogP contribution in [0.25, 0.3) is 0 Å². The SMILES string of the molecule is COc1c(CO)cc(Cl)cc1C(F)(F)F. The predicted octanol–water partition coefficient (Wildman–Crippen LogP) is 2.86. The van der Waals surface area contributed by atoms with E-state index >= 15 is 0 Å². The fraction of sp³-hybridized carbons (Fsp3) is 0.333. The normalized spacial score (nSPS) is 11.6. The average molecular weight is 241 g/mol. The molecule has 0 aromatic heterocycles. The number of ether oxygens (including phenoxy) is 1. The first-order chi connectivity index (χ1) is 6.90. The van der Waals surface area contributed by atoms with Gasteiger partial charge in [-0.1, -0.05) is 11.6 Å². The van der Waals surface area contributed by atoms with Gasteiger partial charge in [0.15, 0.2) is 0 Å². The summed E-state index contributed by atoms with van der Waals surface area (Å²) in [5.41, 5.74) is -0.973. The van der Waals surface area contributed by atoms with Gasteiger partial charge in [0.05, 0.1) is 19.3 Å². The van der Waals surface area contributed by atoms with Crippen molar-refractivity contribution in [2.75, 3.05) is 7.11 Å². The maximum absolute atomic E-state index is 12.5. The molecule has 0 heterocycles. The standard InChI is InChI=1S/C9H8ClF3O2/c1-15-8-5(4-14)2-6(10)3-7(8)9(11,12)13/h2-3,14H,4H2,1H3. The maximum Gasteiger partial charge on any atom is 0.420 e. The molecular weight excluding hydrogens is 233 g/mol. The third kappa shape index (κ3) is 2.54. The second-order valence-corrected chi connectivity index (χ2v) is 3.24. The summed E-state index contributed by atoms with van der Waals surface area (Å²) >= 11 is 5.50. The Balaban J connectivity index is 3.42. The molecule has 0 fully saturated rings. The van der Waals surface area contributed by atoms with E-state index in [4.69, 9.17) is 16.7 Å². The third-order valence-corrected chi connectivity index (χ3v) is 2.03. The quantitative estimate of drug-likeness (QED) is 0.861. The number of aliphatic hydroxyl groups excluding tert-OH is 1. The van der Waals surface area contributed by atoms with E-state index in [1.165, 1.54) is 6.07 Å². The number of methoxy groups -OCH3 is 1. The van der Waals surface area contributed by atoms with E-state index in [1.807, 2.05) is 0 Å². The molecule has 0 radical (unpaired) electrons. The smallest absolute Gasteiger partial charge is 0.420 e. The van der Waals surface area contributed by atoms with Gasteiger partial charge < -0.3 is 9.84 Å². The lowest BCUT2D eigenvalue weighted by atomic mass is 10.1. The highest BCUT2D eigenvalue weighted by Crippen LogP contribution is 2.39. The molecule has 1 aromatic carbocycles. The van der Waals surface area contributed by atoms with Gasteiger partial charge in [0, 0.05) is 10.6 Å². The van der Waals surface area contributed by atoms with Gasteiger partial charge in [-0.2, -0.15) is 13.2 Å². The predicted molar refractivity (Wildman–Crippen MR) is 48.9 cm³/mol. The maximum atomic E-state index is 12.5. The summed E-state index contributed by atoms with van der Waals surface area (Å²) in [5, 5.41) is 8.77. The second kappa shape index (κ2) is 4.28. The Morgan fingerprint density at radius 1 is 1.40 bits per heavy atom. The van der Waals surface area contributed by atoms with Gasteiger partial charge in [-0.3, -0.25) is 0 Å². The highest BCUT2D eigenvalue weighted by Gasteiger charge is 2.35. The van der Waals surface area contributed by atoms with Crippen molar-refractivity contribution in [3.8, 4) is 5.75 Å². The molecule has 0 unspecified atom stereocenters. The monoisotopic (exact) mass is 240 g/mol. The van der Waals surface area contributed by atoms with Crippen LogP contribution >= 0.6 is 11.6 Å². The lowest BCUT2D eigenvalue weighted by Gasteiger charge is -2.15. The fourth-order valence-corrected chi connectivity index (χ4v) is 1.46. The Hall–Kier alpha value is -0.940. The van der Waals surface area contributed by atoms with E-state index in [0.29, 0.717) is 0 Å². The van der Waals surface area contributed by atoms with E-state index in [9.17, 15) is 13.2 Å². The van der Waals surface area contributed by atoms with Crippen molar-refractivity contribution in [2.24, 2.45) is 0 Å². The number of hydrogen-bond donors (Lipinski definition) is 1. The van der Waals surface area contributed by atoms with Crippen LogP contribution in [0.4, 0.5) is 13.2 Å². The molecule has 0 aliphatic heterocycles. The van der Waals surface area contributed by atoms with Crippen LogP contribution in [0, 0.1) is 0 Å². The minimum Gasteiger partial charge on any atom is -0.496 e. The first kappa shape index (κ1) is 12.1. The molecule has 1 aromatic rings. The molecule has 1 N–H and O–H groups in total. The first-order valence-electron chi connectivity index (χ1n) is 3.94. The fourth-order valence-electron chi connectivity index (χ4n) is 1.22. The van der Waals surface area contributed by atoms with Gasteiger partial charge in [-0.25, -0.2) is 0 Å². The van der Waals surface area contributed by atoms with E-state index in [1.54, 1.807) is 0 Å². The molecule has 1 rings (SSSR count). The number of benzene rings is 1. The van der Waals surface area contributed by atoms with Gasteiger partial charge in [-0.05, 0) is 12.1 Å². The molecule has 2 nitrogen and oxygen atoms in total. The molecule has 0 aliphatic rings. The second-order valence-electron chi connectivity index (χ2n) is 2.80. The van der Waals surface area contributed by atoms with Crippen molar-refractivity contribution in [3.63, 3.8) is 0 Å². The molecular formula is C9H8ClF3O2. The highest BCUT2D eigenvalue weighted by molar-refractivity contribution is 6.30. The van der Waals surface area contributed by atoms with Crippen molar-refractivity contribution >= 4 is 11.6 Å². The van der Waals surface area contributed by atoms with Crippen LogP contribution in [-0.4, -0.2) is 12.2 Å². The van der Waals surface area contributed by atoms with Crippen LogP contribution in [0.2, 0.25) is 5.02 Å². The summed E-state index contributed by atoms with van der Waals surface area (Å²) in [7, 11) is 1.11.